The Bertz CT molecular complexity index is 2110. The van der Waals surface area contributed by atoms with Crippen molar-refractivity contribution in [3.8, 4) is 0 Å². The van der Waals surface area contributed by atoms with Crippen molar-refractivity contribution in [3.63, 3.8) is 0 Å². The second-order valence-electron chi connectivity index (χ2n) is 16.6. The second kappa shape index (κ2) is 23.2. The van der Waals surface area contributed by atoms with E-state index in [9.17, 15) is 23.7 Å². The van der Waals surface area contributed by atoms with Crippen molar-refractivity contribution in [2.24, 2.45) is 11.8 Å². The minimum absolute atomic E-state index is 0.144. The van der Waals surface area contributed by atoms with Gasteiger partial charge >= 0.3 is 25.8 Å². The maximum Gasteiger partial charge on any atom is 0.476 e. The molecule has 0 aromatic heterocycles. The van der Waals surface area contributed by atoms with Gasteiger partial charge in [0.15, 0.2) is 0 Å². The van der Waals surface area contributed by atoms with Crippen LogP contribution in [0.3, 0.4) is 0 Å². The molecule has 0 bridgehead atoms. The monoisotopic (exact) mass is 886 g/mol. The van der Waals surface area contributed by atoms with E-state index in [-0.39, 0.29) is 31.5 Å². The average molecular weight is 887 g/mol. The zero-order chi connectivity index (χ0) is 46.3. The van der Waals surface area contributed by atoms with Gasteiger partial charge in [0.05, 0.1) is 24.6 Å². The normalized spacial score (nSPS) is 13.4. The van der Waals surface area contributed by atoms with E-state index in [0.717, 1.165) is 23.1 Å². The molecule has 0 aliphatic rings. The van der Waals surface area contributed by atoms with Gasteiger partial charge in [0.2, 0.25) is 0 Å². The topological polar surface area (TPSA) is 162 Å². The Morgan fingerprint density at radius 3 is 1.78 bits per heavy atom. The molecule has 340 valence electrons. The fraction of sp³-hybridized carbons (Fsp3) is 0.417. The smallest absolute Gasteiger partial charge is 0.369 e. The highest BCUT2D eigenvalue weighted by Crippen LogP contribution is 2.52. The van der Waals surface area contributed by atoms with Crippen LogP contribution in [0.4, 0.5) is 21.9 Å². The summed E-state index contributed by atoms with van der Waals surface area (Å²) in [7, 11) is -3.07. The van der Waals surface area contributed by atoms with Gasteiger partial charge in [-0.1, -0.05) is 119 Å². The SMILES string of the molecule is CCC(c1ccc(N(CC(C)C)CC(C)C)c(NC(=O)Nc2ccc(C)cc2)c1)C(C)(C(=O)OOC(C)=O)N(C)C(=O)C(C)OP(=O)(OCc1ccccc1)OCc1ccccc1. The van der Waals surface area contributed by atoms with Crippen molar-refractivity contribution in [3.05, 3.63) is 125 Å². The largest absolute Gasteiger partial charge is 0.476 e. The number of nitrogens with one attached hydrogen (secondary N) is 2. The predicted octanol–water partition coefficient (Wildman–Crippen LogP) is 10.4. The molecule has 4 aromatic carbocycles. The standard InChI is InChI=1S/C48H63N4O10P/c1-11-42(40-24-27-44(52(29-33(2)3)30-34(4)5)43(28-40)50-47(56)49-41-25-22-35(6)23-26-41)48(9,46(55)61-60-37(8)53)51(10)45(54)36(7)62-63(57,58-31-38-18-14-12-15-19-38)59-32-39-20-16-13-17-21-39/h12-28,33-34,36,42H,11,29-32H2,1-10H3,(H2,49,50,56). The lowest BCUT2D eigenvalue weighted by Gasteiger charge is -2.42. The molecule has 0 radical (unpaired) electrons. The van der Waals surface area contributed by atoms with Crippen LogP contribution >= 0.6 is 7.82 Å². The minimum atomic E-state index is -4.46. The van der Waals surface area contributed by atoms with Gasteiger partial charge in [-0.05, 0) is 80.0 Å². The molecule has 0 spiro atoms. The molecule has 0 aliphatic heterocycles. The molecule has 4 aromatic rings. The van der Waals surface area contributed by atoms with Crippen LogP contribution < -0.4 is 15.5 Å². The maximum absolute atomic E-state index is 14.5. The van der Waals surface area contributed by atoms with Crippen LogP contribution in [-0.4, -0.2) is 60.6 Å². The fourth-order valence-corrected chi connectivity index (χ4v) is 8.45. The Labute approximate surface area is 372 Å². The molecule has 2 N–H and O–H groups in total. The highest BCUT2D eigenvalue weighted by molar-refractivity contribution is 7.48. The van der Waals surface area contributed by atoms with E-state index >= 15 is 0 Å². The molecule has 0 saturated heterocycles. The van der Waals surface area contributed by atoms with Crippen molar-refractivity contribution in [1.29, 1.82) is 0 Å². The predicted molar refractivity (Wildman–Crippen MR) is 245 cm³/mol. The van der Waals surface area contributed by atoms with Gasteiger partial charge in [-0.3, -0.25) is 18.4 Å². The first-order valence-electron chi connectivity index (χ1n) is 21.2. The Morgan fingerprint density at radius 2 is 1.29 bits per heavy atom. The fourth-order valence-electron chi connectivity index (χ4n) is 7.17. The molecule has 3 atom stereocenters. The third-order valence-electron chi connectivity index (χ3n) is 10.4. The van der Waals surface area contributed by atoms with Crippen LogP contribution in [0.15, 0.2) is 103 Å². The van der Waals surface area contributed by atoms with E-state index in [1.54, 1.807) is 54.6 Å². The molecule has 4 rings (SSSR count). The molecule has 0 aliphatic carbocycles. The average Bonchev–Trinajstić information content (AvgIpc) is 3.24. The van der Waals surface area contributed by atoms with Gasteiger partial charge in [0.25, 0.3) is 5.91 Å². The van der Waals surface area contributed by atoms with E-state index < -0.39 is 49.3 Å². The van der Waals surface area contributed by atoms with E-state index in [1.807, 2.05) is 62.4 Å². The lowest BCUT2D eigenvalue weighted by Crippen LogP contribution is -2.59. The Hall–Kier alpha value is -5.53. The number of carbonyl (C=O) groups excluding carboxylic acids is 4. The number of rotatable bonds is 21. The van der Waals surface area contributed by atoms with E-state index in [0.29, 0.717) is 41.2 Å². The van der Waals surface area contributed by atoms with Crippen molar-refractivity contribution >= 4 is 48.8 Å². The summed E-state index contributed by atoms with van der Waals surface area (Å²) in [6, 6.07) is 30.5. The van der Waals surface area contributed by atoms with E-state index in [1.165, 1.54) is 20.9 Å². The molecule has 3 amide bonds. The number of phosphoric ester groups is 1. The number of benzene rings is 4. The van der Waals surface area contributed by atoms with Gasteiger partial charge in [-0.15, -0.1) is 0 Å². The molecule has 0 heterocycles. The van der Waals surface area contributed by atoms with Crippen LogP contribution in [-0.2, 0) is 55.5 Å². The number of hydrogen-bond acceptors (Lipinski definition) is 11. The molecule has 3 unspecified atom stereocenters. The van der Waals surface area contributed by atoms with Gasteiger partial charge < -0.3 is 20.4 Å². The van der Waals surface area contributed by atoms with Crippen molar-refractivity contribution in [2.75, 3.05) is 35.7 Å². The summed E-state index contributed by atoms with van der Waals surface area (Å²) in [5.74, 6) is -3.00. The summed E-state index contributed by atoms with van der Waals surface area (Å²) >= 11 is 0. The highest BCUT2D eigenvalue weighted by Gasteiger charge is 2.51. The van der Waals surface area contributed by atoms with E-state index in [2.05, 4.69) is 43.2 Å². The number of aryl methyl sites for hydroxylation is 1. The Balaban J connectivity index is 1.75. The van der Waals surface area contributed by atoms with Crippen LogP contribution in [0.1, 0.15) is 90.0 Å². The van der Waals surface area contributed by atoms with Crippen molar-refractivity contribution < 1.29 is 47.1 Å². The third kappa shape index (κ3) is 14.5. The second-order valence-corrected chi connectivity index (χ2v) is 18.2. The number of likely N-dealkylation sites (N-methyl/N-ethyl adjacent to an activating group) is 1. The lowest BCUT2D eigenvalue weighted by atomic mass is 9.77. The van der Waals surface area contributed by atoms with Gasteiger partial charge in [-0.25, -0.2) is 28.7 Å². The first kappa shape index (κ1) is 50.1. The summed E-state index contributed by atoms with van der Waals surface area (Å²) in [4.78, 5) is 67.6. The molecular weight excluding hydrogens is 824 g/mol. The molecule has 14 nitrogen and oxygen atoms in total. The molecule has 0 fully saturated rings. The summed E-state index contributed by atoms with van der Waals surface area (Å²) < 4.78 is 31.8. The van der Waals surface area contributed by atoms with Gasteiger partial charge in [0.1, 0.15) is 11.6 Å². The van der Waals surface area contributed by atoms with E-state index in [4.69, 9.17) is 23.3 Å². The molecule has 15 heteroatoms. The number of anilines is 3. The minimum Gasteiger partial charge on any atom is -0.369 e. The number of nitrogens with zero attached hydrogens (tertiary/aromatic N) is 2. The molecular formula is C48H63N4O10P. The lowest BCUT2D eigenvalue weighted by molar-refractivity contribution is -0.265. The Kier molecular flexibility index (Phi) is 18.5. The molecule has 63 heavy (non-hydrogen) atoms. The number of hydrogen-bond donors (Lipinski definition) is 2. The number of amides is 3. The third-order valence-corrected chi connectivity index (χ3v) is 11.8. The van der Waals surface area contributed by atoms with Gasteiger partial charge in [-0.2, -0.15) is 0 Å². The van der Waals surface area contributed by atoms with Crippen LogP contribution in [0, 0.1) is 18.8 Å². The van der Waals surface area contributed by atoms with Crippen LogP contribution in [0.25, 0.3) is 0 Å². The van der Waals surface area contributed by atoms with Gasteiger partial charge in [0, 0.05) is 38.7 Å². The maximum atomic E-state index is 14.5. The summed E-state index contributed by atoms with van der Waals surface area (Å²) in [5.41, 5.74) is 2.91. The molecule has 0 saturated carbocycles. The van der Waals surface area contributed by atoms with Crippen molar-refractivity contribution in [2.45, 2.75) is 99.5 Å². The number of carbonyl (C=O) groups is 4. The zero-order valence-corrected chi connectivity index (χ0v) is 39.0. The summed E-state index contributed by atoms with van der Waals surface area (Å²) in [6.07, 6.45) is -1.23. The van der Waals surface area contributed by atoms with Crippen molar-refractivity contribution in [1.82, 2.24) is 4.90 Å². The number of phosphoric acid groups is 1. The highest BCUT2D eigenvalue weighted by atomic mass is 31.2. The zero-order valence-electron chi connectivity index (χ0n) is 38.1. The quantitative estimate of drug-likeness (QED) is 0.0465. The number of urea groups is 1. The Morgan fingerprint density at radius 1 is 0.746 bits per heavy atom. The first-order chi connectivity index (χ1) is 29.8. The summed E-state index contributed by atoms with van der Waals surface area (Å²) in [6.45, 7) is 17.3. The van der Waals surface area contributed by atoms with Crippen LogP contribution in [0.5, 0.6) is 0 Å². The van der Waals surface area contributed by atoms with Crippen LogP contribution in [0.2, 0.25) is 0 Å². The summed E-state index contributed by atoms with van der Waals surface area (Å²) in [5, 5.41) is 5.95. The first-order valence-corrected chi connectivity index (χ1v) is 22.7.